The van der Waals surface area contributed by atoms with E-state index in [9.17, 15) is 0 Å². The lowest BCUT2D eigenvalue weighted by Crippen LogP contribution is -2.07. The molecule has 3 nitrogen and oxygen atoms in total. The van der Waals surface area contributed by atoms with Crippen molar-refractivity contribution in [2.75, 3.05) is 5.32 Å². The first-order valence-electron chi connectivity index (χ1n) is 6.54. The van der Waals surface area contributed by atoms with E-state index in [1.54, 1.807) is 0 Å². The number of nitrogens with zero attached hydrogens (tertiary/aromatic N) is 2. The summed E-state index contributed by atoms with van der Waals surface area (Å²) in [6.07, 6.45) is 3.86. The highest BCUT2D eigenvalue weighted by molar-refractivity contribution is 5.45. The third kappa shape index (κ3) is 2.92. The maximum Gasteiger partial charge on any atom is 0.128 e. The van der Waals surface area contributed by atoms with Gasteiger partial charge in [0.2, 0.25) is 0 Å². The molecule has 96 valence electrons. The topological polar surface area (TPSA) is 29.9 Å². The van der Waals surface area contributed by atoms with Gasteiger partial charge >= 0.3 is 0 Å². The number of nitrogens with one attached hydrogen (secondary N) is 1. The second-order valence-corrected chi connectivity index (χ2v) is 4.76. The second-order valence-electron chi connectivity index (χ2n) is 4.76. The number of benzene rings is 1. The average Bonchev–Trinajstić information content (AvgIpc) is 2.84. The van der Waals surface area contributed by atoms with Gasteiger partial charge in [0.1, 0.15) is 5.82 Å². The van der Waals surface area contributed by atoms with Crippen LogP contribution in [0.2, 0.25) is 0 Å². The van der Waals surface area contributed by atoms with E-state index in [4.69, 9.17) is 0 Å². The summed E-state index contributed by atoms with van der Waals surface area (Å²) < 4.78 is 2.15. The molecule has 0 radical (unpaired) electrons. The number of aryl methyl sites for hydroxylation is 1. The van der Waals surface area contributed by atoms with Gasteiger partial charge in [0.15, 0.2) is 0 Å². The van der Waals surface area contributed by atoms with Gasteiger partial charge < -0.3 is 9.88 Å². The molecule has 0 saturated carbocycles. The van der Waals surface area contributed by atoms with Crippen molar-refractivity contribution in [2.45, 2.75) is 39.8 Å². The Labute approximate surface area is 109 Å². The highest BCUT2D eigenvalue weighted by Gasteiger charge is 2.02. The molecule has 1 aromatic carbocycles. The first kappa shape index (κ1) is 12.7. The molecule has 18 heavy (non-hydrogen) atoms. The zero-order valence-corrected chi connectivity index (χ0v) is 11.4. The molecule has 0 atom stereocenters. The molecule has 0 aliphatic heterocycles. The molecule has 0 amide bonds. The molecule has 0 saturated heterocycles. The van der Waals surface area contributed by atoms with Gasteiger partial charge in [0.25, 0.3) is 0 Å². The number of hydrogen-bond donors (Lipinski definition) is 1. The Morgan fingerprint density at radius 3 is 2.56 bits per heavy atom. The van der Waals surface area contributed by atoms with Crippen molar-refractivity contribution in [1.29, 1.82) is 0 Å². The summed E-state index contributed by atoms with van der Waals surface area (Å²) in [6.45, 7) is 8.27. The van der Waals surface area contributed by atoms with Gasteiger partial charge in [-0.2, -0.15) is 0 Å². The fourth-order valence-electron chi connectivity index (χ4n) is 1.96. The van der Waals surface area contributed by atoms with Crippen molar-refractivity contribution in [3.05, 3.63) is 48.0 Å². The lowest BCUT2D eigenvalue weighted by Gasteiger charge is -2.10. The molecule has 1 heterocycles. The fourth-order valence-corrected chi connectivity index (χ4v) is 1.96. The molecule has 0 aliphatic rings. The number of rotatable bonds is 5. The third-order valence-electron chi connectivity index (χ3n) is 3.17. The zero-order chi connectivity index (χ0) is 13.0. The molecule has 0 unspecified atom stereocenters. The minimum atomic E-state index is 0.582. The molecule has 1 aromatic heterocycles. The molecular formula is C15H21N3. The number of anilines is 1. The van der Waals surface area contributed by atoms with Crippen molar-refractivity contribution >= 4 is 5.69 Å². The highest BCUT2D eigenvalue weighted by Crippen LogP contribution is 2.17. The quantitative estimate of drug-likeness (QED) is 0.869. The van der Waals surface area contributed by atoms with E-state index >= 15 is 0 Å². The van der Waals surface area contributed by atoms with E-state index in [1.165, 1.54) is 5.56 Å². The molecule has 1 N–H and O–H groups in total. The van der Waals surface area contributed by atoms with Crippen LogP contribution in [-0.2, 0) is 13.1 Å². The first-order chi connectivity index (χ1) is 8.70. The van der Waals surface area contributed by atoms with Crippen LogP contribution >= 0.6 is 0 Å². The molecule has 2 aromatic rings. The maximum absolute atomic E-state index is 4.35. The van der Waals surface area contributed by atoms with Crippen LogP contribution in [0.1, 0.15) is 38.1 Å². The minimum absolute atomic E-state index is 0.582. The Hall–Kier alpha value is -1.77. The molecule has 3 heteroatoms. The Balaban J connectivity index is 1.98. The number of hydrogen-bond acceptors (Lipinski definition) is 2. The highest BCUT2D eigenvalue weighted by atomic mass is 15.1. The van der Waals surface area contributed by atoms with Gasteiger partial charge in [-0.15, -0.1) is 0 Å². The second kappa shape index (κ2) is 5.71. The lowest BCUT2D eigenvalue weighted by atomic mass is 10.0. The monoisotopic (exact) mass is 243 g/mol. The van der Waals surface area contributed by atoms with Crippen LogP contribution in [0.5, 0.6) is 0 Å². The molecule has 0 fully saturated rings. The summed E-state index contributed by atoms with van der Waals surface area (Å²) in [6, 6.07) is 8.63. The van der Waals surface area contributed by atoms with Crippen LogP contribution in [-0.4, -0.2) is 9.55 Å². The van der Waals surface area contributed by atoms with E-state index in [2.05, 4.69) is 59.9 Å². The maximum atomic E-state index is 4.35. The molecular weight excluding hydrogens is 222 g/mol. The van der Waals surface area contributed by atoms with Gasteiger partial charge in [-0.3, -0.25) is 0 Å². The van der Waals surface area contributed by atoms with Crippen LogP contribution in [0.25, 0.3) is 0 Å². The Bertz CT molecular complexity index is 483. The van der Waals surface area contributed by atoms with Crippen molar-refractivity contribution in [3.8, 4) is 0 Å². The average molecular weight is 243 g/mol. The van der Waals surface area contributed by atoms with Crippen LogP contribution in [0.15, 0.2) is 36.7 Å². The van der Waals surface area contributed by atoms with Gasteiger partial charge in [0, 0.05) is 24.6 Å². The summed E-state index contributed by atoms with van der Waals surface area (Å²) in [5.74, 6) is 1.66. The first-order valence-corrected chi connectivity index (χ1v) is 6.54. The summed E-state index contributed by atoms with van der Waals surface area (Å²) >= 11 is 0. The smallest absolute Gasteiger partial charge is 0.128 e. The van der Waals surface area contributed by atoms with Crippen molar-refractivity contribution in [2.24, 2.45) is 0 Å². The van der Waals surface area contributed by atoms with Crippen molar-refractivity contribution in [1.82, 2.24) is 9.55 Å². The predicted octanol–water partition coefficient (Wildman–Crippen LogP) is 3.64. The number of imidazole rings is 1. The third-order valence-corrected chi connectivity index (χ3v) is 3.17. The molecule has 0 aliphatic carbocycles. The summed E-state index contributed by atoms with van der Waals surface area (Å²) in [5.41, 5.74) is 2.51. The van der Waals surface area contributed by atoms with Gasteiger partial charge in [-0.05, 0) is 30.5 Å². The molecule has 0 bridgehead atoms. The normalized spacial score (nSPS) is 10.9. The zero-order valence-electron chi connectivity index (χ0n) is 11.4. The van der Waals surface area contributed by atoms with E-state index in [0.29, 0.717) is 5.92 Å². The molecule has 0 spiro atoms. The summed E-state index contributed by atoms with van der Waals surface area (Å²) in [5, 5.41) is 3.40. The Morgan fingerprint density at radius 1 is 1.22 bits per heavy atom. The summed E-state index contributed by atoms with van der Waals surface area (Å²) in [7, 11) is 0. The van der Waals surface area contributed by atoms with E-state index in [1.807, 2.05) is 12.4 Å². The number of aromatic nitrogens is 2. The van der Waals surface area contributed by atoms with Crippen LogP contribution in [0.3, 0.4) is 0 Å². The van der Waals surface area contributed by atoms with E-state index < -0.39 is 0 Å². The van der Waals surface area contributed by atoms with Crippen LogP contribution in [0.4, 0.5) is 5.69 Å². The SMILES string of the molecule is CCn1ccnc1CNc1ccc(C(C)C)cc1. The minimum Gasteiger partial charge on any atom is -0.378 e. The van der Waals surface area contributed by atoms with Gasteiger partial charge in [0.05, 0.1) is 6.54 Å². The van der Waals surface area contributed by atoms with Crippen molar-refractivity contribution < 1.29 is 0 Å². The van der Waals surface area contributed by atoms with Crippen LogP contribution in [0, 0.1) is 0 Å². The Morgan fingerprint density at radius 2 is 1.94 bits per heavy atom. The van der Waals surface area contributed by atoms with E-state index in [-0.39, 0.29) is 0 Å². The Kier molecular flexibility index (Phi) is 4.03. The fraction of sp³-hybridized carbons (Fsp3) is 0.400. The standard InChI is InChI=1S/C15H21N3/c1-4-18-10-9-16-15(18)11-17-14-7-5-13(6-8-14)12(2)3/h5-10,12,17H,4,11H2,1-3H3. The van der Waals surface area contributed by atoms with Crippen LogP contribution < -0.4 is 5.32 Å². The van der Waals surface area contributed by atoms with Gasteiger partial charge in [-0.25, -0.2) is 4.98 Å². The van der Waals surface area contributed by atoms with Crippen molar-refractivity contribution in [3.63, 3.8) is 0 Å². The predicted molar refractivity (Wildman–Crippen MR) is 75.8 cm³/mol. The van der Waals surface area contributed by atoms with E-state index in [0.717, 1.165) is 24.6 Å². The largest absolute Gasteiger partial charge is 0.378 e. The molecule has 2 rings (SSSR count). The van der Waals surface area contributed by atoms with Gasteiger partial charge in [-0.1, -0.05) is 26.0 Å². The lowest BCUT2D eigenvalue weighted by molar-refractivity contribution is 0.708. The summed E-state index contributed by atoms with van der Waals surface area (Å²) in [4.78, 5) is 4.35.